The van der Waals surface area contributed by atoms with Gasteiger partial charge < -0.3 is 0 Å². The van der Waals surface area contributed by atoms with Crippen LogP contribution in [0, 0.1) is 17.8 Å². The summed E-state index contributed by atoms with van der Waals surface area (Å²) in [7, 11) is 0. The van der Waals surface area contributed by atoms with Crippen LogP contribution in [0.15, 0.2) is 11.6 Å². The molecular weight excluding hydrogens is 242 g/mol. The quantitative estimate of drug-likeness (QED) is 0.612. The molecule has 0 aromatic rings. The highest BCUT2D eigenvalue weighted by atomic mass is 16.2. The molecule has 2 atom stereocenters. The molecule has 0 radical (unpaired) electrons. The van der Waals surface area contributed by atoms with Crippen molar-refractivity contribution in [3.8, 4) is 0 Å². The lowest BCUT2D eigenvalue weighted by atomic mass is 9.78. The molecule has 0 aromatic carbocycles. The van der Waals surface area contributed by atoms with Crippen LogP contribution in [0.3, 0.4) is 0 Å². The first-order chi connectivity index (χ1) is 8.95. The highest BCUT2D eigenvalue weighted by molar-refractivity contribution is 5.98. The largest absolute Gasteiger partial charge is 0.296 e. The number of carbonyl (C=O) groups is 3. The van der Waals surface area contributed by atoms with E-state index in [2.05, 4.69) is 12.2 Å². The second kappa shape index (κ2) is 5.68. The van der Waals surface area contributed by atoms with Gasteiger partial charge in [0.25, 0.3) is 0 Å². The van der Waals surface area contributed by atoms with Crippen molar-refractivity contribution in [3.63, 3.8) is 0 Å². The summed E-state index contributed by atoms with van der Waals surface area (Å²) in [6.45, 7) is 4.14. The molecule has 4 nitrogen and oxygen atoms in total. The average molecular weight is 263 g/mol. The molecule has 1 aliphatic heterocycles. The first-order valence-corrected chi connectivity index (χ1v) is 7.01. The van der Waals surface area contributed by atoms with Crippen molar-refractivity contribution in [3.05, 3.63) is 11.6 Å². The minimum Gasteiger partial charge on any atom is -0.296 e. The maximum absolute atomic E-state index is 12.1. The Morgan fingerprint density at radius 3 is 2.37 bits per heavy atom. The predicted molar refractivity (Wildman–Crippen MR) is 71.1 cm³/mol. The van der Waals surface area contributed by atoms with E-state index in [-0.39, 0.29) is 29.4 Å². The maximum Gasteiger partial charge on any atom is 0.226 e. The van der Waals surface area contributed by atoms with E-state index in [0.717, 1.165) is 18.4 Å². The monoisotopic (exact) mass is 263 g/mol. The summed E-state index contributed by atoms with van der Waals surface area (Å²) in [6, 6.07) is 0. The van der Waals surface area contributed by atoms with E-state index in [4.69, 9.17) is 0 Å². The maximum atomic E-state index is 12.1. The molecule has 0 aromatic heterocycles. The molecule has 1 N–H and O–H groups in total. The van der Waals surface area contributed by atoms with Crippen LogP contribution in [-0.4, -0.2) is 17.6 Å². The normalized spacial score (nSPS) is 31.7. The standard InChI is InChI=1S/C15H21NO3/c1-9-5-10(2)15(19)12(6-9)4-3-11-7-13(17)16-14(18)8-11/h4,9-11H,3,5-8H2,1-2H3,(H,16,17,18)/b12-4-/t9-,10+/m0/s1. The number of hydrogen-bond acceptors (Lipinski definition) is 3. The van der Waals surface area contributed by atoms with E-state index in [1.54, 1.807) is 0 Å². The number of ketones is 1. The van der Waals surface area contributed by atoms with Gasteiger partial charge in [0.2, 0.25) is 11.8 Å². The van der Waals surface area contributed by atoms with Crippen LogP contribution >= 0.6 is 0 Å². The van der Waals surface area contributed by atoms with E-state index in [0.29, 0.717) is 25.2 Å². The molecule has 0 spiro atoms. The Bertz CT molecular complexity index is 423. The third-order valence-corrected chi connectivity index (χ3v) is 4.01. The van der Waals surface area contributed by atoms with Gasteiger partial charge in [-0.2, -0.15) is 0 Å². The number of carbonyl (C=O) groups excluding carboxylic acids is 3. The molecule has 2 aliphatic rings. The smallest absolute Gasteiger partial charge is 0.226 e. The van der Waals surface area contributed by atoms with Crippen LogP contribution in [0.25, 0.3) is 0 Å². The van der Waals surface area contributed by atoms with Crippen molar-refractivity contribution in [1.82, 2.24) is 5.32 Å². The predicted octanol–water partition coefficient (Wildman–Crippen LogP) is 1.99. The highest BCUT2D eigenvalue weighted by Gasteiger charge is 2.28. The van der Waals surface area contributed by atoms with Gasteiger partial charge in [0.1, 0.15) is 0 Å². The summed E-state index contributed by atoms with van der Waals surface area (Å²) < 4.78 is 0. The molecule has 1 saturated heterocycles. The number of allylic oxidation sites excluding steroid dienone is 2. The Hall–Kier alpha value is -1.45. The van der Waals surface area contributed by atoms with E-state index < -0.39 is 0 Å². The molecule has 1 aliphatic carbocycles. The molecule has 2 rings (SSSR count). The molecular formula is C15H21NO3. The van der Waals surface area contributed by atoms with Gasteiger partial charge in [0.15, 0.2) is 5.78 Å². The fraction of sp³-hybridized carbons (Fsp3) is 0.667. The lowest BCUT2D eigenvalue weighted by molar-refractivity contribution is -0.134. The number of Topliss-reactive ketones (excluding diaryl/α,β-unsaturated/α-hetero) is 1. The minimum atomic E-state index is -0.198. The first-order valence-electron chi connectivity index (χ1n) is 7.01. The second-order valence-electron chi connectivity index (χ2n) is 6.02. The van der Waals surface area contributed by atoms with Gasteiger partial charge in [-0.05, 0) is 36.7 Å². The van der Waals surface area contributed by atoms with Gasteiger partial charge in [-0.1, -0.05) is 19.9 Å². The van der Waals surface area contributed by atoms with Crippen LogP contribution in [0.2, 0.25) is 0 Å². The van der Waals surface area contributed by atoms with Gasteiger partial charge in [-0.3, -0.25) is 19.7 Å². The zero-order valence-electron chi connectivity index (χ0n) is 11.6. The number of imide groups is 1. The Morgan fingerprint density at radius 1 is 1.11 bits per heavy atom. The topological polar surface area (TPSA) is 63.2 Å². The van der Waals surface area contributed by atoms with Crippen LogP contribution in [0.1, 0.15) is 46.0 Å². The summed E-state index contributed by atoms with van der Waals surface area (Å²) in [4.78, 5) is 34.6. The van der Waals surface area contributed by atoms with Gasteiger partial charge in [0, 0.05) is 18.8 Å². The lowest BCUT2D eigenvalue weighted by Crippen LogP contribution is -2.38. The van der Waals surface area contributed by atoms with Crippen molar-refractivity contribution >= 4 is 17.6 Å². The highest BCUT2D eigenvalue weighted by Crippen LogP contribution is 2.31. The molecule has 19 heavy (non-hydrogen) atoms. The van der Waals surface area contributed by atoms with Gasteiger partial charge in [-0.15, -0.1) is 0 Å². The van der Waals surface area contributed by atoms with Crippen LogP contribution < -0.4 is 5.32 Å². The summed E-state index contributed by atoms with van der Waals surface area (Å²) in [5, 5.41) is 2.30. The van der Waals surface area contributed by atoms with E-state index in [1.807, 2.05) is 13.0 Å². The fourth-order valence-electron chi connectivity index (χ4n) is 3.10. The van der Waals surface area contributed by atoms with Crippen molar-refractivity contribution in [2.45, 2.75) is 46.0 Å². The Labute approximate surface area is 113 Å². The summed E-state index contributed by atoms with van der Waals surface area (Å²) in [5.74, 6) is 0.535. The Kier molecular flexibility index (Phi) is 4.17. The number of nitrogens with one attached hydrogen (secondary N) is 1. The lowest BCUT2D eigenvalue weighted by Gasteiger charge is -2.26. The number of hydrogen-bond donors (Lipinski definition) is 1. The van der Waals surface area contributed by atoms with Crippen molar-refractivity contribution in [1.29, 1.82) is 0 Å². The molecule has 104 valence electrons. The van der Waals surface area contributed by atoms with Crippen LogP contribution in [0.4, 0.5) is 0 Å². The van der Waals surface area contributed by atoms with Crippen LogP contribution in [0.5, 0.6) is 0 Å². The number of rotatable bonds is 2. The average Bonchev–Trinajstić information content (AvgIpc) is 2.30. The van der Waals surface area contributed by atoms with Crippen LogP contribution in [-0.2, 0) is 14.4 Å². The summed E-state index contributed by atoms with van der Waals surface area (Å²) >= 11 is 0. The molecule has 0 unspecified atom stereocenters. The van der Waals surface area contributed by atoms with Crippen molar-refractivity contribution in [2.75, 3.05) is 0 Å². The summed E-state index contributed by atoms with van der Waals surface area (Å²) in [5.41, 5.74) is 0.893. The molecule has 4 heteroatoms. The third-order valence-electron chi connectivity index (χ3n) is 4.01. The number of piperidine rings is 1. The van der Waals surface area contributed by atoms with E-state index in [9.17, 15) is 14.4 Å². The van der Waals surface area contributed by atoms with E-state index in [1.165, 1.54) is 0 Å². The van der Waals surface area contributed by atoms with Gasteiger partial charge in [-0.25, -0.2) is 0 Å². The second-order valence-corrected chi connectivity index (χ2v) is 6.02. The third kappa shape index (κ3) is 3.52. The molecule has 0 bridgehead atoms. The Morgan fingerprint density at radius 2 is 1.74 bits per heavy atom. The first kappa shape index (κ1) is 14.0. The number of amides is 2. The molecule has 2 fully saturated rings. The van der Waals surface area contributed by atoms with E-state index >= 15 is 0 Å². The summed E-state index contributed by atoms with van der Waals surface area (Å²) in [6.07, 6.45) is 5.17. The fourth-order valence-corrected chi connectivity index (χ4v) is 3.10. The van der Waals surface area contributed by atoms with Crippen molar-refractivity contribution in [2.24, 2.45) is 17.8 Å². The zero-order valence-corrected chi connectivity index (χ0v) is 11.6. The SMILES string of the molecule is C[C@@H]1C/C(=C/CC2CC(=O)NC(=O)C2)C(=O)[C@H](C)C1. The molecule has 1 saturated carbocycles. The van der Waals surface area contributed by atoms with Gasteiger partial charge >= 0.3 is 0 Å². The van der Waals surface area contributed by atoms with Gasteiger partial charge in [0.05, 0.1) is 0 Å². The Balaban J connectivity index is 1.99. The minimum absolute atomic E-state index is 0.0501. The molecule has 1 heterocycles. The molecule has 2 amide bonds. The zero-order chi connectivity index (χ0) is 14.0. The van der Waals surface area contributed by atoms with Crippen molar-refractivity contribution < 1.29 is 14.4 Å².